The number of carbonyl (C=O) groups excluding carboxylic acids is 1. The number of terminal acetylenes is 1. The summed E-state index contributed by atoms with van der Waals surface area (Å²) in [5.74, 6) is 2.81. The lowest BCUT2D eigenvalue weighted by Gasteiger charge is -2.03. The van der Waals surface area contributed by atoms with Crippen LogP contribution in [0, 0.1) is 19.3 Å². The van der Waals surface area contributed by atoms with Crippen LogP contribution in [0.2, 0.25) is 0 Å². The quantitative estimate of drug-likeness (QED) is 0.523. The van der Waals surface area contributed by atoms with E-state index in [4.69, 9.17) is 11.2 Å². The monoisotopic (exact) mass is 292 g/mol. The maximum Gasteiger partial charge on any atom is 0.271 e. The van der Waals surface area contributed by atoms with Gasteiger partial charge in [-0.15, -0.1) is 6.42 Å². The first-order chi connectivity index (χ1) is 10.7. The van der Waals surface area contributed by atoms with Gasteiger partial charge in [0.05, 0.1) is 6.21 Å². The Kier molecular flexibility index (Phi) is 5.33. The van der Waals surface area contributed by atoms with Gasteiger partial charge in [0.15, 0.2) is 0 Å². The summed E-state index contributed by atoms with van der Waals surface area (Å²) in [6, 6.07) is 14.6. The van der Waals surface area contributed by atoms with Crippen LogP contribution >= 0.6 is 0 Å². The van der Waals surface area contributed by atoms with E-state index in [-0.39, 0.29) is 12.5 Å². The highest BCUT2D eigenvalue weighted by atomic mass is 16.5. The van der Waals surface area contributed by atoms with Gasteiger partial charge in [-0.25, -0.2) is 5.43 Å². The average Bonchev–Trinajstić information content (AvgIpc) is 2.53. The normalized spacial score (nSPS) is 10.2. The third kappa shape index (κ3) is 4.50. The summed E-state index contributed by atoms with van der Waals surface area (Å²) in [6.07, 6.45) is 6.70. The van der Waals surface area contributed by atoms with Gasteiger partial charge in [0, 0.05) is 5.56 Å². The maximum absolute atomic E-state index is 11.9. The van der Waals surface area contributed by atoms with Gasteiger partial charge in [-0.1, -0.05) is 35.7 Å². The highest BCUT2D eigenvalue weighted by molar-refractivity contribution is 5.95. The van der Waals surface area contributed by atoms with Crippen molar-refractivity contribution in [3.8, 4) is 18.1 Å². The number of hydrogen-bond acceptors (Lipinski definition) is 3. The number of nitrogens with one attached hydrogen (secondary N) is 1. The molecule has 0 aliphatic heterocycles. The summed E-state index contributed by atoms with van der Waals surface area (Å²) < 4.78 is 5.32. The molecule has 1 N–H and O–H groups in total. The number of amides is 1. The van der Waals surface area contributed by atoms with Crippen LogP contribution in [0.5, 0.6) is 5.75 Å². The van der Waals surface area contributed by atoms with E-state index in [1.54, 1.807) is 30.5 Å². The van der Waals surface area contributed by atoms with E-state index in [9.17, 15) is 4.79 Å². The molecule has 4 heteroatoms. The first kappa shape index (κ1) is 15.3. The Hall–Kier alpha value is -3.06. The van der Waals surface area contributed by atoms with Gasteiger partial charge in [0.25, 0.3) is 5.91 Å². The molecule has 0 atom stereocenters. The van der Waals surface area contributed by atoms with Crippen LogP contribution in [-0.4, -0.2) is 18.7 Å². The zero-order valence-corrected chi connectivity index (χ0v) is 12.2. The fourth-order valence-corrected chi connectivity index (χ4v) is 1.83. The predicted octanol–water partition coefficient (Wildman–Crippen LogP) is 2.77. The first-order valence-electron chi connectivity index (χ1n) is 6.75. The van der Waals surface area contributed by atoms with Gasteiger partial charge < -0.3 is 4.74 Å². The molecule has 0 radical (unpaired) electrons. The lowest BCUT2D eigenvalue weighted by Crippen LogP contribution is -2.17. The van der Waals surface area contributed by atoms with Crippen molar-refractivity contribution in [2.75, 3.05) is 6.61 Å². The van der Waals surface area contributed by atoms with E-state index in [2.05, 4.69) is 16.4 Å². The lowest BCUT2D eigenvalue weighted by molar-refractivity contribution is 0.0955. The summed E-state index contributed by atoms with van der Waals surface area (Å²) in [5.41, 5.74) is 4.89. The lowest BCUT2D eigenvalue weighted by atomic mass is 10.1. The van der Waals surface area contributed by atoms with Crippen LogP contribution in [0.1, 0.15) is 21.5 Å². The second-order valence-corrected chi connectivity index (χ2v) is 4.63. The zero-order chi connectivity index (χ0) is 15.8. The molecule has 0 bridgehead atoms. The standard InChI is InChI=1S/C18H16N2O2/c1-3-10-22-17-9-5-7-15(12-17)13-19-20-18(21)16-8-4-6-14(2)11-16/h1,4-9,11-13H,10H2,2H3,(H,20,21)/b19-13-. The predicted molar refractivity (Wildman–Crippen MR) is 87.0 cm³/mol. The summed E-state index contributed by atoms with van der Waals surface area (Å²) in [7, 11) is 0. The van der Waals surface area contributed by atoms with E-state index in [1.165, 1.54) is 0 Å². The maximum atomic E-state index is 11.9. The van der Waals surface area contributed by atoms with Crippen LogP contribution in [0.4, 0.5) is 0 Å². The van der Waals surface area contributed by atoms with Crippen LogP contribution in [-0.2, 0) is 0 Å². The minimum Gasteiger partial charge on any atom is -0.481 e. The van der Waals surface area contributed by atoms with Crippen LogP contribution in [0.25, 0.3) is 0 Å². The Labute approximate surface area is 129 Å². The molecule has 22 heavy (non-hydrogen) atoms. The van der Waals surface area contributed by atoms with Crippen LogP contribution < -0.4 is 10.2 Å². The fourth-order valence-electron chi connectivity index (χ4n) is 1.83. The topological polar surface area (TPSA) is 50.7 Å². The molecule has 2 rings (SSSR count). The number of carbonyl (C=O) groups is 1. The highest BCUT2D eigenvalue weighted by Crippen LogP contribution is 2.11. The number of benzene rings is 2. The summed E-state index contributed by atoms with van der Waals surface area (Å²) in [6.45, 7) is 2.15. The van der Waals surface area contributed by atoms with Crippen molar-refractivity contribution in [2.45, 2.75) is 6.92 Å². The van der Waals surface area contributed by atoms with Crippen molar-refractivity contribution in [2.24, 2.45) is 5.10 Å². The second-order valence-electron chi connectivity index (χ2n) is 4.63. The van der Waals surface area contributed by atoms with Gasteiger partial charge in [-0.05, 0) is 36.8 Å². The van der Waals surface area contributed by atoms with E-state index >= 15 is 0 Å². The largest absolute Gasteiger partial charge is 0.481 e. The number of hydrazone groups is 1. The molecule has 0 aliphatic carbocycles. The number of ether oxygens (including phenoxy) is 1. The molecule has 0 heterocycles. The van der Waals surface area contributed by atoms with Crippen molar-refractivity contribution in [3.05, 3.63) is 65.2 Å². The second kappa shape index (κ2) is 7.65. The summed E-state index contributed by atoms with van der Waals surface area (Å²) >= 11 is 0. The van der Waals surface area contributed by atoms with Crippen LogP contribution in [0.15, 0.2) is 53.6 Å². The molecule has 2 aromatic carbocycles. The molecule has 1 amide bonds. The molecule has 0 fully saturated rings. The zero-order valence-electron chi connectivity index (χ0n) is 12.2. The van der Waals surface area contributed by atoms with Crippen molar-refractivity contribution in [3.63, 3.8) is 0 Å². The Morgan fingerprint density at radius 1 is 1.32 bits per heavy atom. The highest BCUT2D eigenvalue weighted by Gasteiger charge is 2.03. The van der Waals surface area contributed by atoms with Crippen molar-refractivity contribution < 1.29 is 9.53 Å². The molecular formula is C18H16N2O2. The number of aryl methyl sites for hydroxylation is 1. The van der Waals surface area contributed by atoms with Crippen molar-refractivity contribution in [1.29, 1.82) is 0 Å². The van der Waals surface area contributed by atoms with E-state index in [1.807, 2.05) is 31.2 Å². The minimum atomic E-state index is -0.250. The summed E-state index contributed by atoms with van der Waals surface area (Å²) in [4.78, 5) is 11.9. The molecule has 4 nitrogen and oxygen atoms in total. The Bertz CT molecular complexity index is 730. The molecule has 110 valence electrons. The summed E-state index contributed by atoms with van der Waals surface area (Å²) in [5, 5.41) is 3.95. The first-order valence-corrected chi connectivity index (χ1v) is 6.75. The number of nitrogens with zero attached hydrogens (tertiary/aromatic N) is 1. The Balaban J connectivity index is 1.97. The van der Waals surface area contributed by atoms with Crippen LogP contribution in [0.3, 0.4) is 0 Å². The van der Waals surface area contributed by atoms with Gasteiger partial charge in [-0.2, -0.15) is 5.10 Å². The molecule has 2 aromatic rings. The minimum absolute atomic E-state index is 0.213. The fraction of sp³-hybridized carbons (Fsp3) is 0.111. The van der Waals surface area contributed by atoms with Gasteiger partial charge in [0.1, 0.15) is 12.4 Å². The molecule has 0 aliphatic rings. The molecule has 0 unspecified atom stereocenters. The molecule has 0 spiro atoms. The van der Waals surface area contributed by atoms with E-state index in [0.717, 1.165) is 11.1 Å². The molecule has 0 saturated heterocycles. The van der Waals surface area contributed by atoms with Crippen molar-refractivity contribution >= 4 is 12.1 Å². The average molecular weight is 292 g/mol. The molecular weight excluding hydrogens is 276 g/mol. The SMILES string of the molecule is C#CCOc1cccc(/C=N\NC(=O)c2cccc(C)c2)c1. The van der Waals surface area contributed by atoms with Crippen molar-refractivity contribution in [1.82, 2.24) is 5.43 Å². The molecule has 0 aromatic heterocycles. The third-order valence-corrected chi connectivity index (χ3v) is 2.84. The van der Waals surface area contributed by atoms with Gasteiger partial charge >= 0.3 is 0 Å². The Morgan fingerprint density at radius 2 is 2.14 bits per heavy atom. The third-order valence-electron chi connectivity index (χ3n) is 2.84. The number of rotatable bonds is 5. The molecule has 0 saturated carbocycles. The Morgan fingerprint density at radius 3 is 2.91 bits per heavy atom. The smallest absolute Gasteiger partial charge is 0.271 e. The van der Waals surface area contributed by atoms with E-state index < -0.39 is 0 Å². The van der Waals surface area contributed by atoms with Gasteiger partial charge in [-0.3, -0.25) is 4.79 Å². The van der Waals surface area contributed by atoms with Gasteiger partial charge in [0.2, 0.25) is 0 Å². The number of hydrogen-bond donors (Lipinski definition) is 1. The van der Waals surface area contributed by atoms with E-state index in [0.29, 0.717) is 11.3 Å².